The van der Waals surface area contributed by atoms with Gasteiger partial charge in [0.25, 0.3) is 0 Å². The van der Waals surface area contributed by atoms with Crippen LogP contribution in [-0.4, -0.2) is 9.13 Å². The summed E-state index contributed by atoms with van der Waals surface area (Å²) in [5, 5.41) is 7.49. The van der Waals surface area contributed by atoms with Gasteiger partial charge in [0.15, 0.2) is 0 Å². The normalized spacial score (nSPS) is 11.1. The summed E-state index contributed by atoms with van der Waals surface area (Å²) < 4.78 is 4.87. The Balaban J connectivity index is 0.000000313. The fourth-order valence-electron chi connectivity index (χ4n) is 10.8. The molecular weight excluding hydrogens is 917 g/mol. The second-order valence-electron chi connectivity index (χ2n) is 19.4. The number of hydrogen-bond donors (Lipinski definition) is 0. The number of benzene rings is 12. The van der Waals surface area contributed by atoms with Crippen LogP contribution < -0.4 is 0 Å². The Labute approximate surface area is 446 Å². The van der Waals surface area contributed by atoms with Crippen molar-refractivity contribution < 1.29 is 0 Å². The molecule has 2 heterocycles. The van der Waals surface area contributed by atoms with E-state index in [-0.39, 0.29) is 0 Å². The number of para-hydroxylation sites is 3. The van der Waals surface area contributed by atoms with Crippen LogP contribution in [-0.2, 0) is 12.8 Å². The molecule has 14 aromatic rings. The second-order valence-corrected chi connectivity index (χ2v) is 19.4. The lowest BCUT2D eigenvalue weighted by Crippen LogP contribution is -1.97. The predicted octanol–water partition coefficient (Wildman–Crippen LogP) is 20.2. The molecule has 0 bridgehead atoms. The van der Waals surface area contributed by atoms with E-state index in [9.17, 15) is 0 Å². The van der Waals surface area contributed by atoms with E-state index >= 15 is 0 Å². The fourth-order valence-corrected chi connectivity index (χ4v) is 10.8. The van der Waals surface area contributed by atoms with Gasteiger partial charge in [-0.1, -0.05) is 244 Å². The first kappa shape index (κ1) is 47.5. The maximum atomic E-state index is 2.45. The molecule has 0 aliphatic rings. The number of aryl methyl sites for hydroxylation is 2. The van der Waals surface area contributed by atoms with Crippen LogP contribution in [0.3, 0.4) is 0 Å². The van der Waals surface area contributed by atoms with Gasteiger partial charge in [0.2, 0.25) is 0 Å². The first-order valence-electron chi connectivity index (χ1n) is 26.6. The molecule has 2 aromatic heterocycles. The third kappa shape index (κ3) is 9.50. The van der Waals surface area contributed by atoms with Gasteiger partial charge in [-0.05, 0) is 134 Å². The summed E-state index contributed by atoms with van der Waals surface area (Å²) in [7, 11) is 0. The molecule has 2 nitrogen and oxygen atoms in total. The van der Waals surface area contributed by atoms with Crippen molar-refractivity contribution in [2.75, 3.05) is 0 Å². The molecule has 0 aliphatic heterocycles. The lowest BCUT2D eigenvalue weighted by Gasteiger charge is -2.15. The molecule has 14 rings (SSSR count). The van der Waals surface area contributed by atoms with Gasteiger partial charge < -0.3 is 9.13 Å². The Morgan fingerprint density at radius 2 is 0.711 bits per heavy atom. The minimum Gasteiger partial charge on any atom is -0.309 e. The maximum absolute atomic E-state index is 2.45. The SMILES string of the molecule is CCc1ccccc1.CCc1ccccc1.c1ccc(-c2ccc(-n3c4ccccc4c4ccc(-c5ccc6c(c5)c5ccccc5n6-c5ccccc5-c5cccc(-c6ccc7ccccc7c6)c5)cc43)cc2)cc1. The van der Waals surface area contributed by atoms with E-state index in [0.29, 0.717) is 0 Å². The van der Waals surface area contributed by atoms with E-state index in [4.69, 9.17) is 0 Å². The van der Waals surface area contributed by atoms with Gasteiger partial charge in [0, 0.05) is 32.8 Å². The maximum Gasteiger partial charge on any atom is 0.0547 e. The average molecular weight is 975 g/mol. The van der Waals surface area contributed by atoms with Crippen molar-refractivity contribution >= 4 is 54.4 Å². The van der Waals surface area contributed by atoms with Gasteiger partial charge >= 0.3 is 0 Å². The van der Waals surface area contributed by atoms with E-state index in [1.165, 1.54) is 110 Å². The molecule has 76 heavy (non-hydrogen) atoms. The zero-order chi connectivity index (χ0) is 51.2. The van der Waals surface area contributed by atoms with Gasteiger partial charge in [-0.25, -0.2) is 0 Å². The van der Waals surface area contributed by atoms with Crippen LogP contribution in [0, 0.1) is 0 Å². The summed E-state index contributed by atoms with van der Waals surface area (Å²) in [4.78, 5) is 0. The molecule has 0 saturated heterocycles. The zero-order valence-corrected chi connectivity index (χ0v) is 43.0. The average Bonchev–Trinajstić information content (AvgIpc) is 4.10. The van der Waals surface area contributed by atoms with E-state index in [1.54, 1.807) is 0 Å². The summed E-state index contributed by atoms with van der Waals surface area (Å²) in [6.45, 7) is 4.32. The van der Waals surface area contributed by atoms with E-state index in [2.05, 4.69) is 302 Å². The minimum atomic E-state index is 1.14. The standard InChI is InChI=1S/C58H38N2.2C8H10/c1-2-13-39(14-3-1)41-27-31-48(32-28-41)59-55-23-10-7-20-50(55)52-33-29-46(38-58(52)59)45-30-34-57-53(37-45)51-21-8-11-24-56(51)60(57)54-22-9-6-19-49(54)47-18-12-17-43(36-47)44-26-25-40-15-4-5-16-42(40)35-44;2*1-2-8-6-4-3-5-7-8/h1-38H;2*3-7H,2H2,1H3. The van der Waals surface area contributed by atoms with Crippen LogP contribution in [0.25, 0.3) is 110 Å². The largest absolute Gasteiger partial charge is 0.309 e. The topological polar surface area (TPSA) is 9.86 Å². The third-order valence-corrected chi connectivity index (χ3v) is 14.8. The molecule has 2 heteroatoms. The molecule has 0 spiro atoms. The Bertz CT molecular complexity index is 4240. The molecule has 0 aliphatic carbocycles. The van der Waals surface area contributed by atoms with Gasteiger partial charge in [-0.15, -0.1) is 0 Å². The van der Waals surface area contributed by atoms with Crippen molar-refractivity contribution in [3.8, 4) is 55.9 Å². The number of fused-ring (bicyclic) bond motifs is 7. The molecule has 0 unspecified atom stereocenters. The highest BCUT2D eigenvalue weighted by Crippen LogP contribution is 2.41. The van der Waals surface area contributed by atoms with Crippen LogP contribution in [0.15, 0.2) is 291 Å². The van der Waals surface area contributed by atoms with Crippen LogP contribution >= 0.6 is 0 Å². The Kier molecular flexibility index (Phi) is 13.5. The molecule has 0 radical (unpaired) electrons. The molecule has 0 amide bonds. The quantitative estimate of drug-likeness (QED) is 0.144. The molecule has 0 saturated carbocycles. The number of aromatic nitrogens is 2. The van der Waals surface area contributed by atoms with Crippen molar-refractivity contribution in [3.05, 3.63) is 302 Å². The van der Waals surface area contributed by atoms with Crippen molar-refractivity contribution in [2.24, 2.45) is 0 Å². The van der Waals surface area contributed by atoms with Crippen LogP contribution in [0.2, 0.25) is 0 Å². The van der Waals surface area contributed by atoms with Gasteiger partial charge in [-0.2, -0.15) is 0 Å². The Morgan fingerprint density at radius 1 is 0.250 bits per heavy atom. The predicted molar refractivity (Wildman–Crippen MR) is 326 cm³/mol. The summed E-state index contributed by atoms with van der Waals surface area (Å²) in [6.07, 6.45) is 2.28. The molecule has 364 valence electrons. The van der Waals surface area contributed by atoms with E-state index < -0.39 is 0 Å². The first-order valence-corrected chi connectivity index (χ1v) is 26.6. The van der Waals surface area contributed by atoms with Gasteiger partial charge in [0.05, 0.1) is 27.8 Å². The second kappa shape index (κ2) is 21.5. The van der Waals surface area contributed by atoms with Crippen molar-refractivity contribution in [1.82, 2.24) is 9.13 Å². The monoisotopic (exact) mass is 974 g/mol. The highest BCUT2D eigenvalue weighted by atomic mass is 15.0. The molecule has 0 atom stereocenters. The van der Waals surface area contributed by atoms with Crippen LogP contribution in [0.4, 0.5) is 0 Å². The van der Waals surface area contributed by atoms with Crippen LogP contribution in [0.1, 0.15) is 25.0 Å². The molecule has 0 N–H and O–H groups in total. The summed E-state index contributed by atoms with van der Waals surface area (Å²) in [5.41, 5.74) is 19.6. The first-order chi connectivity index (χ1) is 37.6. The summed E-state index contributed by atoms with van der Waals surface area (Å²) in [5.74, 6) is 0. The van der Waals surface area contributed by atoms with E-state index in [1.807, 2.05) is 12.1 Å². The lowest BCUT2D eigenvalue weighted by molar-refractivity contribution is 1.14. The number of rotatable bonds is 8. The smallest absolute Gasteiger partial charge is 0.0547 e. The Hall–Kier alpha value is -9.50. The van der Waals surface area contributed by atoms with Crippen LogP contribution in [0.5, 0.6) is 0 Å². The lowest BCUT2D eigenvalue weighted by atomic mass is 9.96. The van der Waals surface area contributed by atoms with Gasteiger partial charge in [0.1, 0.15) is 0 Å². The Morgan fingerprint density at radius 3 is 1.41 bits per heavy atom. The molecule has 0 fully saturated rings. The molecule has 12 aromatic carbocycles. The number of hydrogen-bond acceptors (Lipinski definition) is 0. The molecular formula is C74H58N2. The van der Waals surface area contributed by atoms with Crippen molar-refractivity contribution in [2.45, 2.75) is 26.7 Å². The summed E-state index contributed by atoms with van der Waals surface area (Å²) >= 11 is 0. The third-order valence-electron chi connectivity index (χ3n) is 14.8. The zero-order valence-electron chi connectivity index (χ0n) is 43.0. The fraction of sp³-hybridized carbons (Fsp3) is 0.0541. The number of nitrogens with zero attached hydrogens (tertiary/aromatic N) is 2. The highest BCUT2D eigenvalue weighted by Gasteiger charge is 2.18. The highest BCUT2D eigenvalue weighted by molar-refractivity contribution is 6.13. The van der Waals surface area contributed by atoms with Gasteiger partial charge in [-0.3, -0.25) is 0 Å². The van der Waals surface area contributed by atoms with Crippen molar-refractivity contribution in [1.29, 1.82) is 0 Å². The minimum absolute atomic E-state index is 1.14. The summed E-state index contributed by atoms with van der Waals surface area (Å²) in [6, 6.07) is 105. The van der Waals surface area contributed by atoms with E-state index in [0.717, 1.165) is 24.2 Å². The van der Waals surface area contributed by atoms with Crippen molar-refractivity contribution in [3.63, 3.8) is 0 Å².